The van der Waals surface area contributed by atoms with Crippen molar-refractivity contribution in [3.05, 3.63) is 35.9 Å². The van der Waals surface area contributed by atoms with Gasteiger partial charge in [-0.05, 0) is 42.7 Å². The molecule has 1 aliphatic rings. The third-order valence-electron chi connectivity index (χ3n) is 6.02. The molecule has 0 bridgehead atoms. The summed E-state index contributed by atoms with van der Waals surface area (Å²) in [6.07, 6.45) is 2.82. The Morgan fingerprint density at radius 1 is 1.20 bits per heavy atom. The quantitative estimate of drug-likeness (QED) is 0.688. The molecule has 0 atom stereocenters. The highest BCUT2D eigenvalue weighted by Crippen LogP contribution is 2.46. The lowest BCUT2D eigenvalue weighted by atomic mass is 9.69. The Balaban J connectivity index is 2.07. The first-order valence-corrected chi connectivity index (χ1v) is 11.6. The van der Waals surface area contributed by atoms with Gasteiger partial charge in [-0.1, -0.05) is 6.07 Å². The first-order valence-electron chi connectivity index (χ1n) is 9.69. The van der Waals surface area contributed by atoms with E-state index in [1.54, 1.807) is 19.2 Å². The number of Topliss-reactive ketones (excluding diaryl/α,β-unsaturated/α-hetero) is 1. The average Bonchev–Trinajstić information content (AvgIpc) is 3.00. The number of carbonyl (C=O) groups is 1. The van der Waals surface area contributed by atoms with Crippen LogP contribution in [0.3, 0.4) is 0 Å². The van der Waals surface area contributed by atoms with E-state index in [9.17, 15) is 18.5 Å². The number of hydrogen-bond donors (Lipinski definition) is 1. The molecule has 8 heteroatoms. The largest absolute Gasteiger partial charge is 0.495 e. The van der Waals surface area contributed by atoms with E-state index in [4.69, 9.17) is 4.74 Å². The molecule has 0 radical (unpaired) electrons. The van der Waals surface area contributed by atoms with Gasteiger partial charge in [-0.2, -0.15) is 5.26 Å². The highest BCUT2D eigenvalue weighted by atomic mass is 32.2. The molecule has 0 aliphatic heterocycles. The summed E-state index contributed by atoms with van der Waals surface area (Å²) in [6, 6.07) is 11.6. The van der Waals surface area contributed by atoms with Gasteiger partial charge in [0.15, 0.2) is 0 Å². The van der Waals surface area contributed by atoms with Gasteiger partial charge in [0.2, 0.25) is 10.0 Å². The van der Waals surface area contributed by atoms with E-state index in [-0.39, 0.29) is 5.78 Å². The van der Waals surface area contributed by atoms with Gasteiger partial charge >= 0.3 is 0 Å². The summed E-state index contributed by atoms with van der Waals surface area (Å²) in [5.41, 5.74) is 2.28. The van der Waals surface area contributed by atoms with E-state index in [0.717, 1.165) is 33.6 Å². The second-order valence-electron chi connectivity index (χ2n) is 7.94. The Bertz CT molecular complexity index is 1320. The zero-order valence-corrected chi connectivity index (χ0v) is 18.0. The Morgan fingerprint density at radius 3 is 2.50 bits per heavy atom. The van der Waals surface area contributed by atoms with Crippen LogP contribution in [0.5, 0.6) is 5.75 Å². The fourth-order valence-electron chi connectivity index (χ4n) is 4.56. The van der Waals surface area contributed by atoms with E-state index < -0.39 is 15.4 Å². The summed E-state index contributed by atoms with van der Waals surface area (Å²) in [5, 5.41) is 11.9. The van der Waals surface area contributed by atoms with Crippen molar-refractivity contribution in [3.63, 3.8) is 0 Å². The maximum Gasteiger partial charge on any atom is 0.229 e. The molecule has 30 heavy (non-hydrogen) atoms. The van der Waals surface area contributed by atoms with Crippen molar-refractivity contribution in [2.24, 2.45) is 7.05 Å². The van der Waals surface area contributed by atoms with Gasteiger partial charge in [0.05, 0.1) is 30.4 Å². The van der Waals surface area contributed by atoms with Gasteiger partial charge in [0.1, 0.15) is 11.5 Å². The average molecular weight is 426 g/mol. The number of anilines is 1. The molecule has 3 aromatic rings. The lowest BCUT2D eigenvalue weighted by Gasteiger charge is -2.31. The molecule has 0 amide bonds. The van der Waals surface area contributed by atoms with E-state index in [2.05, 4.69) is 10.8 Å². The molecule has 1 fully saturated rings. The van der Waals surface area contributed by atoms with Crippen molar-refractivity contribution in [2.75, 3.05) is 18.1 Å². The van der Waals surface area contributed by atoms with Crippen LogP contribution in [0.15, 0.2) is 30.3 Å². The highest BCUT2D eigenvalue weighted by Gasteiger charge is 2.39. The van der Waals surface area contributed by atoms with Crippen molar-refractivity contribution in [3.8, 4) is 11.8 Å². The minimum absolute atomic E-state index is 0.184. The Kier molecular flexibility index (Phi) is 4.74. The summed E-state index contributed by atoms with van der Waals surface area (Å²) >= 11 is 0. The molecule has 2 aromatic carbocycles. The molecular weight excluding hydrogens is 402 g/mol. The standard InChI is InChI=1S/C22H23N3O4S/c1-25-18-6-4-14(24-30(3,27)28)12-16(18)20-17(5-7-19(29-2)21(20)25)22(13-23)10-8-15(26)9-11-22/h4-7,12,24H,8-11H2,1-3H3. The van der Waals surface area contributed by atoms with Crippen LogP contribution in [0.25, 0.3) is 21.8 Å². The van der Waals surface area contributed by atoms with Crippen LogP contribution < -0.4 is 9.46 Å². The van der Waals surface area contributed by atoms with Gasteiger partial charge in [0.25, 0.3) is 0 Å². The number of benzene rings is 2. The van der Waals surface area contributed by atoms with Crippen molar-refractivity contribution < 1.29 is 17.9 Å². The van der Waals surface area contributed by atoms with Crippen LogP contribution in [-0.2, 0) is 27.3 Å². The van der Waals surface area contributed by atoms with Gasteiger partial charge < -0.3 is 9.30 Å². The van der Waals surface area contributed by atoms with E-state index in [1.807, 2.05) is 29.8 Å². The summed E-state index contributed by atoms with van der Waals surface area (Å²) in [4.78, 5) is 11.9. The molecule has 1 saturated carbocycles. The number of aromatic nitrogens is 1. The van der Waals surface area contributed by atoms with Gasteiger partial charge in [-0.25, -0.2) is 8.42 Å². The third-order valence-corrected chi connectivity index (χ3v) is 6.62. The van der Waals surface area contributed by atoms with Crippen LogP contribution in [0.2, 0.25) is 0 Å². The highest BCUT2D eigenvalue weighted by molar-refractivity contribution is 7.92. The molecule has 0 unspecified atom stereocenters. The first-order chi connectivity index (χ1) is 14.2. The number of carbonyl (C=O) groups excluding carboxylic acids is 1. The zero-order valence-electron chi connectivity index (χ0n) is 17.2. The Morgan fingerprint density at radius 2 is 1.90 bits per heavy atom. The maximum atomic E-state index is 11.9. The van der Waals surface area contributed by atoms with Gasteiger partial charge in [-0.15, -0.1) is 0 Å². The zero-order chi connectivity index (χ0) is 21.7. The molecule has 1 heterocycles. The van der Waals surface area contributed by atoms with Gasteiger partial charge in [0, 0.05) is 41.9 Å². The molecular formula is C22H23N3O4S. The number of nitrogens with zero attached hydrogens (tertiary/aromatic N) is 2. The number of ether oxygens (including phenoxy) is 1. The Hall–Kier alpha value is -3.05. The van der Waals surface area contributed by atoms with Crippen LogP contribution in [0.4, 0.5) is 5.69 Å². The second kappa shape index (κ2) is 7.03. The van der Waals surface area contributed by atoms with Crippen LogP contribution in [0, 0.1) is 11.3 Å². The van der Waals surface area contributed by atoms with Crippen molar-refractivity contribution in [1.29, 1.82) is 5.26 Å². The number of ketones is 1. The predicted molar refractivity (Wildman–Crippen MR) is 116 cm³/mol. The van der Waals surface area contributed by atoms with Crippen LogP contribution in [-0.4, -0.2) is 32.1 Å². The number of nitrogens with one attached hydrogen (secondary N) is 1. The monoisotopic (exact) mass is 425 g/mol. The summed E-state index contributed by atoms with van der Waals surface area (Å²) in [7, 11) is 0.0901. The van der Waals surface area contributed by atoms with E-state index in [0.29, 0.717) is 37.1 Å². The number of nitriles is 1. The predicted octanol–water partition coefficient (Wildman–Crippen LogP) is 3.62. The lowest BCUT2D eigenvalue weighted by Crippen LogP contribution is -2.30. The van der Waals surface area contributed by atoms with Gasteiger partial charge in [-0.3, -0.25) is 9.52 Å². The number of aryl methyl sites for hydroxylation is 1. The normalized spacial score (nSPS) is 16.5. The number of hydrogen-bond acceptors (Lipinski definition) is 5. The minimum atomic E-state index is -3.43. The van der Waals surface area contributed by atoms with Crippen molar-refractivity contribution in [1.82, 2.24) is 4.57 Å². The topological polar surface area (TPSA) is 101 Å². The van der Waals surface area contributed by atoms with E-state index in [1.165, 1.54) is 0 Å². The summed E-state index contributed by atoms with van der Waals surface area (Å²) < 4.78 is 33.6. The molecule has 7 nitrogen and oxygen atoms in total. The minimum Gasteiger partial charge on any atom is -0.495 e. The maximum absolute atomic E-state index is 11.9. The second-order valence-corrected chi connectivity index (χ2v) is 9.69. The molecule has 4 rings (SSSR count). The first kappa shape index (κ1) is 20.2. The fraction of sp³-hybridized carbons (Fsp3) is 0.364. The van der Waals surface area contributed by atoms with Crippen molar-refractivity contribution in [2.45, 2.75) is 31.1 Å². The lowest BCUT2D eigenvalue weighted by molar-refractivity contribution is -0.120. The number of rotatable bonds is 4. The number of fused-ring (bicyclic) bond motifs is 3. The molecule has 1 aromatic heterocycles. The molecule has 1 aliphatic carbocycles. The van der Waals surface area contributed by atoms with E-state index >= 15 is 0 Å². The molecule has 156 valence electrons. The summed E-state index contributed by atoms with van der Waals surface area (Å²) in [6.45, 7) is 0. The van der Waals surface area contributed by atoms with Crippen LogP contribution in [0.1, 0.15) is 31.2 Å². The molecule has 0 spiro atoms. The van der Waals surface area contributed by atoms with Crippen LogP contribution >= 0.6 is 0 Å². The Labute approximate surface area is 175 Å². The number of sulfonamides is 1. The molecule has 0 saturated heterocycles. The number of methoxy groups -OCH3 is 1. The smallest absolute Gasteiger partial charge is 0.229 e. The fourth-order valence-corrected chi connectivity index (χ4v) is 5.12. The SMILES string of the molecule is COc1ccc(C2(C#N)CCC(=O)CC2)c2c3cc(NS(C)(=O)=O)ccc3n(C)c12. The third kappa shape index (κ3) is 3.19. The van der Waals surface area contributed by atoms with Crippen molar-refractivity contribution >= 4 is 43.3 Å². The molecule has 1 N–H and O–H groups in total. The summed E-state index contributed by atoms with van der Waals surface area (Å²) in [5.74, 6) is 0.855.